The van der Waals surface area contributed by atoms with E-state index in [4.69, 9.17) is 15.0 Å². The minimum absolute atomic E-state index is 0.117. The SMILES string of the molecule is c1ccc(-c2nc(-c3ccc(-c4cccc5ccccc45)cc3)nc(-c3ccc4c5c(ccc4c3)C3(c4cc6ccccc6cc4-5)C4CC5CC(C4)CC3C5)n2)cc1. The second-order valence-electron chi connectivity index (χ2n) is 17.6. The second-order valence-corrected chi connectivity index (χ2v) is 17.6. The van der Waals surface area contributed by atoms with Gasteiger partial charge in [0, 0.05) is 22.1 Å². The van der Waals surface area contributed by atoms with Crippen LogP contribution in [0.15, 0.2) is 164 Å². The molecule has 1 spiro atoms. The molecule has 4 saturated carbocycles. The van der Waals surface area contributed by atoms with E-state index in [1.54, 1.807) is 11.1 Å². The molecule has 8 aromatic carbocycles. The predicted molar refractivity (Wildman–Crippen MR) is 237 cm³/mol. The smallest absolute Gasteiger partial charge is 0.164 e. The number of benzene rings is 8. The third-order valence-corrected chi connectivity index (χ3v) is 14.7. The Morgan fingerprint density at radius 3 is 1.69 bits per heavy atom. The highest BCUT2D eigenvalue weighted by Crippen LogP contribution is 2.70. The predicted octanol–water partition coefficient (Wildman–Crippen LogP) is 13.7. The van der Waals surface area contributed by atoms with Gasteiger partial charge in [-0.3, -0.25) is 0 Å². The largest absolute Gasteiger partial charge is 0.208 e. The van der Waals surface area contributed by atoms with Gasteiger partial charge in [-0.25, -0.2) is 15.0 Å². The fourth-order valence-electron chi connectivity index (χ4n) is 12.5. The molecule has 0 atom stereocenters. The minimum atomic E-state index is 0.117. The van der Waals surface area contributed by atoms with Crippen LogP contribution in [-0.2, 0) is 5.41 Å². The molecule has 0 radical (unpaired) electrons. The molecule has 0 amide bonds. The van der Waals surface area contributed by atoms with E-state index in [-0.39, 0.29) is 5.41 Å². The van der Waals surface area contributed by atoms with Crippen LogP contribution in [0.25, 0.3) is 88.7 Å². The van der Waals surface area contributed by atoms with Crippen molar-refractivity contribution < 1.29 is 0 Å². The molecule has 3 nitrogen and oxygen atoms in total. The molecule has 14 rings (SSSR count). The van der Waals surface area contributed by atoms with Gasteiger partial charge in [-0.1, -0.05) is 146 Å². The zero-order valence-electron chi connectivity index (χ0n) is 32.3. The third-order valence-electron chi connectivity index (χ3n) is 14.7. The summed E-state index contributed by atoms with van der Waals surface area (Å²) >= 11 is 0. The second kappa shape index (κ2) is 12.3. The van der Waals surface area contributed by atoms with Crippen LogP contribution >= 0.6 is 0 Å². The third kappa shape index (κ3) is 4.71. The number of nitrogens with zero attached hydrogens (tertiary/aromatic N) is 3. The van der Waals surface area contributed by atoms with Crippen LogP contribution < -0.4 is 0 Å². The van der Waals surface area contributed by atoms with Gasteiger partial charge in [0.25, 0.3) is 0 Å². The van der Waals surface area contributed by atoms with Crippen molar-refractivity contribution in [3.63, 3.8) is 0 Å². The van der Waals surface area contributed by atoms with E-state index in [0.29, 0.717) is 17.5 Å². The van der Waals surface area contributed by atoms with Crippen LogP contribution in [0.4, 0.5) is 0 Å². The molecule has 276 valence electrons. The fraction of sp³-hybridized carbons (Fsp3) is 0.182. The molecule has 1 aromatic heterocycles. The maximum Gasteiger partial charge on any atom is 0.164 e. The van der Waals surface area contributed by atoms with Gasteiger partial charge in [-0.2, -0.15) is 0 Å². The number of fused-ring (bicyclic) bond motifs is 7. The van der Waals surface area contributed by atoms with E-state index in [0.717, 1.165) is 40.4 Å². The molecule has 3 heteroatoms. The summed E-state index contributed by atoms with van der Waals surface area (Å²) in [6.45, 7) is 0. The monoisotopic (exact) mass is 743 g/mol. The molecule has 4 fully saturated rings. The van der Waals surface area contributed by atoms with E-state index in [2.05, 4.69) is 146 Å². The van der Waals surface area contributed by atoms with Crippen LogP contribution in [0, 0.1) is 23.7 Å². The Hall–Kier alpha value is -6.45. The highest BCUT2D eigenvalue weighted by molar-refractivity contribution is 6.06. The van der Waals surface area contributed by atoms with Crippen LogP contribution in [0.1, 0.15) is 43.2 Å². The summed E-state index contributed by atoms with van der Waals surface area (Å²) in [5, 5.41) is 7.77. The van der Waals surface area contributed by atoms with Crippen molar-refractivity contribution >= 4 is 32.3 Å². The van der Waals surface area contributed by atoms with E-state index in [1.165, 1.54) is 86.7 Å². The number of aromatic nitrogens is 3. The average molecular weight is 744 g/mol. The summed E-state index contributed by atoms with van der Waals surface area (Å²) in [5.74, 6) is 5.32. The summed E-state index contributed by atoms with van der Waals surface area (Å²) in [7, 11) is 0. The van der Waals surface area contributed by atoms with Gasteiger partial charge in [0.05, 0.1) is 0 Å². The standard InChI is InChI=1S/C55H41N3/c1-2-10-37(11-3-1)52-56-53(38-19-17-36(18-20-38)46-16-8-14-35-9-6-7-15-45(35)46)58-54(57-52)42-21-23-47-41(30-42)22-24-49-51(47)48-31-39-12-4-5-13-40(39)32-50(48)55(49)43-26-33-25-34(28-43)29-44(55)27-33/h1-24,30-34,43-44H,25-29H2. The molecule has 9 aromatic rings. The van der Waals surface area contributed by atoms with Gasteiger partial charge in [0.1, 0.15) is 0 Å². The van der Waals surface area contributed by atoms with Crippen LogP contribution in [0.3, 0.4) is 0 Å². The molecule has 0 aliphatic heterocycles. The first-order chi connectivity index (χ1) is 28.7. The number of hydrogen-bond donors (Lipinski definition) is 0. The first-order valence-corrected chi connectivity index (χ1v) is 21.2. The Kier molecular flexibility index (Phi) is 6.90. The van der Waals surface area contributed by atoms with Gasteiger partial charge < -0.3 is 0 Å². The number of hydrogen-bond acceptors (Lipinski definition) is 3. The Labute approximate surface area is 338 Å². The summed E-state index contributed by atoms with van der Waals surface area (Å²) < 4.78 is 0. The molecule has 0 unspecified atom stereocenters. The molecular weight excluding hydrogens is 703 g/mol. The Bertz CT molecular complexity index is 3090. The minimum Gasteiger partial charge on any atom is -0.208 e. The molecule has 5 aliphatic rings. The van der Waals surface area contributed by atoms with Gasteiger partial charge >= 0.3 is 0 Å². The van der Waals surface area contributed by atoms with Crippen molar-refractivity contribution in [2.45, 2.75) is 37.5 Å². The topological polar surface area (TPSA) is 38.7 Å². The lowest BCUT2D eigenvalue weighted by Gasteiger charge is -2.61. The Morgan fingerprint density at radius 1 is 0.362 bits per heavy atom. The van der Waals surface area contributed by atoms with Gasteiger partial charge in [0.15, 0.2) is 17.5 Å². The zero-order chi connectivity index (χ0) is 38.0. The van der Waals surface area contributed by atoms with Gasteiger partial charge in [-0.15, -0.1) is 0 Å². The van der Waals surface area contributed by atoms with E-state index < -0.39 is 0 Å². The van der Waals surface area contributed by atoms with E-state index in [9.17, 15) is 0 Å². The van der Waals surface area contributed by atoms with E-state index in [1.807, 2.05) is 18.2 Å². The van der Waals surface area contributed by atoms with Crippen molar-refractivity contribution in [3.05, 3.63) is 175 Å². The molecular formula is C55H41N3. The summed E-state index contributed by atoms with van der Waals surface area (Å²) in [6, 6.07) is 60.0. The van der Waals surface area contributed by atoms with Crippen molar-refractivity contribution in [2.75, 3.05) is 0 Å². The fourth-order valence-corrected chi connectivity index (χ4v) is 12.5. The highest BCUT2D eigenvalue weighted by atomic mass is 15.0. The maximum absolute atomic E-state index is 5.20. The lowest BCUT2D eigenvalue weighted by atomic mass is 9.43. The lowest BCUT2D eigenvalue weighted by Crippen LogP contribution is -2.55. The normalized spacial score (nSPS) is 22.6. The Morgan fingerprint density at radius 2 is 0.948 bits per heavy atom. The Balaban J connectivity index is 0.955. The molecule has 58 heavy (non-hydrogen) atoms. The van der Waals surface area contributed by atoms with Crippen LogP contribution in [-0.4, -0.2) is 15.0 Å². The maximum atomic E-state index is 5.20. The first-order valence-electron chi connectivity index (χ1n) is 21.2. The molecule has 0 saturated heterocycles. The van der Waals surface area contributed by atoms with Crippen molar-refractivity contribution in [1.29, 1.82) is 0 Å². The molecule has 1 heterocycles. The molecule has 0 N–H and O–H groups in total. The number of rotatable bonds is 4. The highest BCUT2D eigenvalue weighted by Gasteiger charge is 2.61. The zero-order valence-corrected chi connectivity index (χ0v) is 32.3. The molecule has 4 bridgehead atoms. The summed E-state index contributed by atoms with van der Waals surface area (Å²) in [6.07, 6.45) is 6.99. The lowest BCUT2D eigenvalue weighted by molar-refractivity contribution is -0.0398. The van der Waals surface area contributed by atoms with Crippen molar-refractivity contribution in [1.82, 2.24) is 15.0 Å². The van der Waals surface area contributed by atoms with Crippen molar-refractivity contribution in [3.8, 4) is 56.4 Å². The summed E-state index contributed by atoms with van der Waals surface area (Å²) in [4.78, 5) is 15.4. The molecule has 5 aliphatic carbocycles. The average Bonchev–Trinajstić information content (AvgIpc) is 3.56. The first kappa shape index (κ1) is 32.6. The van der Waals surface area contributed by atoms with Gasteiger partial charge in [0.2, 0.25) is 0 Å². The van der Waals surface area contributed by atoms with Crippen molar-refractivity contribution in [2.24, 2.45) is 23.7 Å². The van der Waals surface area contributed by atoms with Crippen LogP contribution in [0.2, 0.25) is 0 Å². The quantitative estimate of drug-likeness (QED) is 0.180. The van der Waals surface area contributed by atoms with E-state index >= 15 is 0 Å². The van der Waals surface area contributed by atoms with Gasteiger partial charge in [-0.05, 0) is 140 Å². The summed E-state index contributed by atoms with van der Waals surface area (Å²) in [5.41, 5.74) is 11.6. The van der Waals surface area contributed by atoms with Crippen LogP contribution in [0.5, 0.6) is 0 Å².